The molecular formula is C11H14N2O. The Labute approximate surface area is 84.5 Å². The van der Waals surface area contributed by atoms with Crippen molar-refractivity contribution in [1.29, 1.82) is 5.26 Å². The van der Waals surface area contributed by atoms with Crippen molar-refractivity contribution in [2.75, 3.05) is 18.6 Å². The quantitative estimate of drug-likeness (QED) is 0.542. The molecular weight excluding hydrogens is 176 g/mol. The number of nitriles is 1. The molecule has 0 atom stereocenters. The van der Waals surface area contributed by atoms with Crippen LogP contribution in [-0.4, -0.2) is 13.7 Å². The fourth-order valence-electron chi connectivity index (χ4n) is 1.22. The molecule has 0 aromatic heterocycles. The molecule has 0 amide bonds. The normalized spacial score (nSPS) is 9.29. The van der Waals surface area contributed by atoms with E-state index in [-0.39, 0.29) is 0 Å². The second-order valence-electron chi connectivity index (χ2n) is 3.04. The molecule has 74 valence electrons. The zero-order chi connectivity index (χ0) is 10.6. The van der Waals surface area contributed by atoms with E-state index in [4.69, 9.17) is 10.00 Å². The number of nitrogens with zero attached hydrogens (tertiary/aromatic N) is 2. The topological polar surface area (TPSA) is 36.3 Å². The number of ether oxygens (including phenoxy) is 1. The maximum Gasteiger partial charge on any atom is 0.183 e. The lowest BCUT2D eigenvalue weighted by Crippen LogP contribution is -2.08. The maximum absolute atomic E-state index is 8.70. The summed E-state index contributed by atoms with van der Waals surface area (Å²) in [6.07, 6.45) is 2.05. The van der Waals surface area contributed by atoms with E-state index in [1.165, 1.54) is 4.90 Å². The molecule has 1 aromatic rings. The van der Waals surface area contributed by atoms with E-state index in [1.54, 1.807) is 7.05 Å². The lowest BCUT2D eigenvalue weighted by atomic mass is 10.2. The van der Waals surface area contributed by atoms with Crippen molar-refractivity contribution in [3.05, 3.63) is 23.8 Å². The molecule has 0 aliphatic rings. The molecule has 0 unspecified atom stereocenters. The first-order valence-corrected chi connectivity index (χ1v) is 4.56. The van der Waals surface area contributed by atoms with Crippen molar-refractivity contribution in [1.82, 2.24) is 0 Å². The Morgan fingerprint density at radius 2 is 2.21 bits per heavy atom. The summed E-state index contributed by atoms with van der Waals surface area (Å²) in [7, 11) is 1.73. The van der Waals surface area contributed by atoms with E-state index in [0.717, 1.165) is 17.0 Å². The zero-order valence-corrected chi connectivity index (χ0v) is 8.74. The average Bonchev–Trinajstić information content (AvgIpc) is 2.20. The minimum atomic E-state index is 0.661. The second-order valence-corrected chi connectivity index (χ2v) is 3.04. The van der Waals surface area contributed by atoms with Crippen LogP contribution in [0.1, 0.15) is 12.5 Å². The van der Waals surface area contributed by atoms with Crippen LogP contribution in [0.25, 0.3) is 0 Å². The predicted molar refractivity (Wildman–Crippen MR) is 56.4 cm³/mol. The number of rotatable bonds is 3. The standard InChI is InChI=1S/C11H14N2O/c1-4-14-11-6-5-10(7-9(11)2)13(3)8-12/h5-7H,4H2,1-3H3. The first kappa shape index (κ1) is 10.4. The van der Waals surface area contributed by atoms with E-state index < -0.39 is 0 Å². The summed E-state index contributed by atoms with van der Waals surface area (Å²) < 4.78 is 5.40. The number of hydrogen-bond donors (Lipinski definition) is 0. The Morgan fingerprint density at radius 3 is 2.71 bits per heavy atom. The Bertz CT molecular complexity index is 355. The third-order valence-electron chi connectivity index (χ3n) is 2.00. The molecule has 3 heteroatoms. The molecule has 0 saturated heterocycles. The summed E-state index contributed by atoms with van der Waals surface area (Å²) in [6, 6.07) is 5.71. The van der Waals surface area contributed by atoms with Crippen molar-refractivity contribution >= 4 is 5.69 Å². The lowest BCUT2D eigenvalue weighted by molar-refractivity contribution is 0.338. The summed E-state index contributed by atoms with van der Waals surface area (Å²) in [4.78, 5) is 1.52. The number of anilines is 1. The van der Waals surface area contributed by atoms with Gasteiger partial charge in [0.25, 0.3) is 0 Å². The molecule has 3 nitrogen and oxygen atoms in total. The van der Waals surface area contributed by atoms with Gasteiger partial charge in [0.2, 0.25) is 0 Å². The Balaban J connectivity index is 2.95. The molecule has 0 saturated carbocycles. The molecule has 1 aromatic carbocycles. The highest BCUT2D eigenvalue weighted by Gasteiger charge is 2.03. The highest BCUT2D eigenvalue weighted by Crippen LogP contribution is 2.23. The van der Waals surface area contributed by atoms with Crippen LogP contribution < -0.4 is 9.64 Å². The van der Waals surface area contributed by atoms with Gasteiger partial charge >= 0.3 is 0 Å². The van der Waals surface area contributed by atoms with E-state index in [2.05, 4.69) is 6.19 Å². The molecule has 0 bridgehead atoms. The van der Waals surface area contributed by atoms with E-state index in [1.807, 2.05) is 32.0 Å². The fraction of sp³-hybridized carbons (Fsp3) is 0.364. The highest BCUT2D eigenvalue weighted by atomic mass is 16.5. The van der Waals surface area contributed by atoms with Gasteiger partial charge in [0.15, 0.2) is 6.19 Å². The van der Waals surface area contributed by atoms with E-state index >= 15 is 0 Å². The van der Waals surface area contributed by atoms with Crippen LogP contribution in [0.3, 0.4) is 0 Å². The zero-order valence-electron chi connectivity index (χ0n) is 8.74. The summed E-state index contributed by atoms with van der Waals surface area (Å²) in [6.45, 7) is 4.59. The predicted octanol–water partition coefficient (Wildman–Crippen LogP) is 2.31. The molecule has 0 heterocycles. The number of hydrogen-bond acceptors (Lipinski definition) is 3. The molecule has 0 N–H and O–H groups in total. The Hall–Kier alpha value is -1.69. The minimum Gasteiger partial charge on any atom is -0.494 e. The average molecular weight is 190 g/mol. The van der Waals surface area contributed by atoms with Gasteiger partial charge in [0.05, 0.1) is 12.3 Å². The summed E-state index contributed by atoms with van der Waals surface area (Å²) in [5.41, 5.74) is 1.93. The van der Waals surface area contributed by atoms with Crippen LogP contribution in [0.2, 0.25) is 0 Å². The number of benzene rings is 1. The van der Waals surface area contributed by atoms with Gasteiger partial charge in [0.1, 0.15) is 5.75 Å². The van der Waals surface area contributed by atoms with Gasteiger partial charge < -0.3 is 4.74 Å². The van der Waals surface area contributed by atoms with Gasteiger partial charge in [0, 0.05) is 7.05 Å². The van der Waals surface area contributed by atoms with Crippen LogP contribution in [0.4, 0.5) is 5.69 Å². The monoisotopic (exact) mass is 190 g/mol. The third-order valence-corrected chi connectivity index (χ3v) is 2.00. The molecule has 0 spiro atoms. The lowest BCUT2D eigenvalue weighted by Gasteiger charge is -2.12. The van der Waals surface area contributed by atoms with Crippen molar-refractivity contribution < 1.29 is 4.74 Å². The number of aryl methyl sites for hydroxylation is 1. The van der Waals surface area contributed by atoms with Crippen LogP contribution in [0, 0.1) is 18.4 Å². The van der Waals surface area contributed by atoms with Gasteiger partial charge in [-0.15, -0.1) is 0 Å². The van der Waals surface area contributed by atoms with Crippen LogP contribution in [0.5, 0.6) is 5.75 Å². The van der Waals surface area contributed by atoms with E-state index in [9.17, 15) is 0 Å². The molecule has 14 heavy (non-hydrogen) atoms. The van der Waals surface area contributed by atoms with Crippen LogP contribution >= 0.6 is 0 Å². The van der Waals surface area contributed by atoms with Gasteiger partial charge in [-0.25, -0.2) is 0 Å². The molecule has 0 aliphatic heterocycles. The third kappa shape index (κ3) is 2.17. The van der Waals surface area contributed by atoms with Crippen LogP contribution in [0.15, 0.2) is 18.2 Å². The van der Waals surface area contributed by atoms with Crippen LogP contribution in [-0.2, 0) is 0 Å². The fourth-order valence-corrected chi connectivity index (χ4v) is 1.22. The molecule has 0 radical (unpaired) electrons. The first-order valence-electron chi connectivity index (χ1n) is 4.56. The first-order chi connectivity index (χ1) is 6.69. The van der Waals surface area contributed by atoms with Crippen molar-refractivity contribution in [3.8, 4) is 11.9 Å². The Morgan fingerprint density at radius 1 is 1.50 bits per heavy atom. The smallest absolute Gasteiger partial charge is 0.183 e. The molecule has 0 fully saturated rings. The molecule has 1 rings (SSSR count). The van der Waals surface area contributed by atoms with Crippen molar-refractivity contribution in [2.24, 2.45) is 0 Å². The summed E-state index contributed by atoms with van der Waals surface area (Å²) >= 11 is 0. The van der Waals surface area contributed by atoms with Crippen molar-refractivity contribution in [2.45, 2.75) is 13.8 Å². The van der Waals surface area contributed by atoms with Gasteiger partial charge in [-0.2, -0.15) is 5.26 Å². The maximum atomic E-state index is 8.70. The highest BCUT2D eigenvalue weighted by molar-refractivity contribution is 5.54. The minimum absolute atomic E-state index is 0.661. The van der Waals surface area contributed by atoms with Gasteiger partial charge in [-0.3, -0.25) is 4.90 Å². The molecule has 0 aliphatic carbocycles. The largest absolute Gasteiger partial charge is 0.494 e. The van der Waals surface area contributed by atoms with Crippen molar-refractivity contribution in [3.63, 3.8) is 0 Å². The SMILES string of the molecule is CCOc1ccc(N(C)C#N)cc1C. The van der Waals surface area contributed by atoms with Gasteiger partial charge in [-0.05, 0) is 37.6 Å². The summed E-state index contributed by atoms with van der Waals surface area (Å²) in [5, 5.41) is 8.70. The second kappa shape index (κ2) is 4.52. The van der Waals surface area contributed by atoms with E-state index in [0.29, 0.717) is 6.61 Å². The Kier molecular flexibility index (Phi) is 3.35. The van der Waals surface area contributed by atoms with Gasteiger partial charge in [-0.1, -0.05) is 0 Å². The summed E-state index contributed by atoms with van der Waals surface area (Å²) in [5.74, 6) is 0.877.